The van der Waals surface area contributed by atoms with Crippen molar-refractivity contribution >= 4 is 10.0 Å². The molecule has 2 aromatic heterocycles. The molecule has 0 unspecified atom stereocenters. The van der Waals surface area contributed by atoms with Crippen molar-refractivity contribution in [2.45, 2.75) is 12.8 Å². The Hall–Kier alpha value is -1.80. The summed E-state index contributed by atoms with van der Waals surface area (Å²) in [4.78, 5) is 8.87. The second-order valence-electron chi connectivity index (χ2n) is 5.73. The van der Waals surface area contributed by atoms with E-state index in [1.807, 2.05) is 13.2 Å². The van der Waals surface area contributed by atoms with Crippen molar-refractivity contribution in [3.8, 4) is 11.3 Å². The summed E-state index contributed by atoms with van der Waals surface area (Å²) >= 11 is 0. The van der Waals surface area contributed by atoms with Crippen molar-refractivity contribution in [2.24, 2.45) is 13.0 Å². The smallest absolute Gasteiger partial charge is 0.211 e. The van der Waals surface area contributed by atoms with E-state index in [-0.39, 0.29) is 5.92 Å². The summed E-state index contributed by atoms with van der Waals surface area (Å²) in [6.07, 6.45) is 9.87. The minimum absolute atomic E-state index is 0.279. The van der Waals surface area contributed by atoms with Gasteiger partial charge in [-0.25, -0.2) is 12.7 Å². The molecular formula is C14H19N5O2S. The summed E-state index contributed by atoms with van der Waals surface area (Å²) in [6, 6.07) is 0. The summed E-state index contributed by atoms with van der Waals surface area (Å²) in [5, 5.41) is 4.17. The Balaban J connectivity index is 1.80. The average molecular weight is 321 g/mol. The van der Waals surface area contributed by atoms with Crippen LogP contribution in [0.25, 0.3) is 11.3 Å². The zero-order valence-corrected chi connectivity index (χ0v) is 13.5. The van der Waals surface area contributed by atoms with E-state index in [2.05, 4.69) is 15.1 Å². The van der Waals surface area contributed by atoms with Crippen LogP contribution in [0.5, 0.6) is 0 Å². The Kier molecular flexibility index (Phi) is 3.96. The van der Waals surface area contributed by atoms with Gasteiger partial charge >= 0.3 is 0 Å². The molecule has 22 heavy (non-hydrogen) atoms. The molecule has 0 amide bonds. The molecule has 0 radical (unpaired) electrons. The van der Waals surface area contributed by atoms with Crippen LogP contribution in [0.1, 0.15) is 12.1 Å². The van der Waals surface area contributed by atoms with Crippen LogP contribution in [0.15, 0.2) is 24.8 Å². The van der Waals surface area contributed by atoms with Gasteiger partial charge in [-0.3, -0.25) is 14.6 Å². The highest BCUT2D eigenvalue weighted by atomic mass is 32.2. The minimum Gasteiger partial charge on any atom is -0.275 e. The Bertz CT molecular complexity index is 771. The minimum atomic E-state index is -3.10. The van der Waals surface area contributed by atoms with Gasteiger partial charge in [-0.05, 0) is 18.8 Å². The van der Waals surface area contributed by atoms with Gasteiger partial charge in [-0.15, -0.1) is 0 Å². The SMILES string of the molecule is Cn1cc(-c2nccnc2C[C@@H]2CCN(S(C)(=O)=O)C2)cn1. The first-order valence-corrected chi connectivity index (χ1v) is 9.02. The van der Waals surface area contributed by atoms with Crippen LogP contribution in [0.4, 0.5) is 0 Å². The number of aromatic nitrogens is 4. The van der Waals surface area contributed by atoms with Gasteiger partial charge < -0.3 is 0 Å². The fraction of sp³-hybridized carbons (Fsp3) is 0.500. The van der Waals surface area contributed by atoms with Gasteiger partial charge in [0, 0.05) is 44.3 Å². The maximum Gasteiger partial charge on any atom is 0.211 e. The van der Waals surface area contributed by atoms with Crippen LogP contribution >= 0.6 is 0 Å². The summed E-state index contributed by atoms with van der Waals surface area (Å²) in [6.45, 7) is 1.15. The van der Waals surface area contributed by atoms with Crippen LogP contribution < -0.4 is 0 Å². The predicted octanol–water partition coefficient (Wildman–Crippen LogP) is 0.701. The molecule has 0 aliphatic carbocycles. The van der Waals surface area contributed by atoms with Crippen molar-refractivity contribution < 1.29 is 8.42 Å². The molecule has 7 nitrogen and oxygen atoms in total. The van der Waals surface area contributed by atoms with E-state index < -0.39 is 10.0 Å². The average Bonchev–Trinajstić information content (AvgIpc) is 3.08. The van der Waals surface area contributed by atoms with Gasteiger partial charge in [0.2, 0.25) is 10.0 Å². The highest BCUT2D eigenvalue weighted by Crippen LogP contribution is 2.26. The third-order valence-electron chi connectivity index (χ3n) is 3.95. The second kappa shape index (κ2) is 5.77. The Labute approximate surface area is 130 Å². The van der Waals surface area contributed by atoms with Gasteiger partial charge in [-0.1, -0.05) is 0 Å². The standard InChI is InChI=1S/C14H19N5O2S/c1-18-10-12(8-17-18)14-13(15-4-5-16-14)7-11-3-6-19(9-11)22(2,20)21/h4-5,8,10-11H,3,6-7,9H2,1-2H3/t11-/m0/s1. The van der Waals surface area contributed by atoms with Gasteiger partial charge in [0.05, 0.1) is 23.8 Å². The number of nitrogens with zero attached hydrogens (tertiary/aromatic N) is 5. The van der Waals surface area contributed by atoms with Crippen molar-refractivity contribution in [3.63, 3.8) is 0 Å². The quantitative estimate of drug-likeness (QED) is 0.828. The van der Waals surface area contributed by atoms with Crippen LogP contribution in [-0.4, -0.2) is 51.8 Å². The second-order valence-corrected chi connectivity index (χ2v) is 7.72. The van der Waals surface area contributed by atoms with Crippen LogP contribution in [0.3, 0.4) is 0 Å². The molecule has 0 aromatic carbocycles. The van der Waals surface area contributed by atoms with E-state index in [0.717, 1.165) is 29.8 Å². The molecule has 0 spiro atoms. The zero-order valence-electron chi connectivity index (χ0n) is 12.7. The molecule has 2 aromatic rings. The lowest BCUT2D eigenvalue weighted by Gasteiger charge is -2.14. The summed E-state index contributed by atoms with van der Waals surface area (Å²) in [5.74, 6) is 0.279. The molecule has 1 atom stereocenters. The first-order chi connectivity index (χ1) is 10.4. The number of hydrogen-bond acceptors (Lipinski definition) is 5. The van der Waals surface area contributed by atoms with E-state index in [1.165, 1.54) is 10.6 Å². The normalized spacial score (nSPS) is 19.6. The van der Waals surface area contributed by atoms with E-state index in [9.17, 15) is 8.42 Å². The van der Waals surface area contributed by atoms with Gasteiger partial charge in [-0.2, -0.15) is 5.10 Å². The topological polar surface area (TPSA) is 81.0 Å². The monoisotopic (exact) mass is 321 g/mol. The number of aryl methyl sites for hydroxylation is 1. The van der Waals surface area contributed by atoms with E-state index in [0.29, 0.717) is 13.1 Å². The molecule has 0 bridgehead atoms. The molecule has 1 aliphatic heterocycles. The molecule has 1 fully saturated rings. The lowest BCUT2D eigenvalue weighted by atomic mass is 10.00. The lowest BCUT2D eigenvalue weighted by molar-refractivity contribution is 0.459. The molecule has 0 N–H and O–H groups in total. The van der Waals surface area contributed by atoms with Gasteiger partial charge in [0.15, 0.2) is 0 Å². The molecule has 3 rings (SSSR count). The Morgan fingerprint density at radius 2 is 2.09 bits per heavy atom. The number of hydrogen-bond donors (Lipinski definition) is 0. The van der Waals surface area contributed by atoms with Gasteiger partial charge in [0.25, 0.3) is 0 Å². The molecule has 1 saturated heterocycles. The third kappa shape index (κ3) is 3.17. The van der Waals surface area contributed by atoms with Crippen molar-refractivity contribution in [2.75, 3.05) is 19.3 Å². The largest absolute Gasteiger partial charge is 0.275 e. The number of sulfonamides is 1. The predicted molar refractivity (Wildman–Crippen MR) is 82.5 cm³/mol. The van der Waals surface area contributed by atoms with E-state index in [4.69, 9.17) is 0 Å². The first kappa shape index (κ1) is 15.1. The molecule has 8 heteroatoms. The van der Waals surface area contributed by atoms with Gasteiger partial charge in [0.1, 0.15) is 0 Å². The maximum atomic E-state index is 11.6. The third-order valence-corrected chi connectivity index (χ3v) is 5.22. The lowest BCUT2D eigenvalue weighted by Crippen LogP contribution is -2.27. The van der Waals surface area contributed by atoms with Crippen molar-refractivity contribution in [3.05, 3.63) is 30.5 Å². The molecular weight excluding hydrogens is 302 g/mol. The first-order valence-electron chi connectivity index (χ1n) is 7.17. The molecule has 0 saturated carbocycles. The van der Waals surface area contributed by atoms with E-state index >= 15 is 0 Å². The Morgan fingerprint density at radius 1 is 1.32 bits per heavy atom. The van der Waals surface area contributed by atoms with Crippen molar-refractivity contribution in [1.82, 2.24) is 24.1 Å². The summed E-state index contributed by atoms with van der Waals surface area (Å²) < 4.78 is 26.5. The van der Waals surface area contributed by atoms with Crippen LogP contribution in [-0.2, 0) is 23.5 Å². The zero-order chi connectivity index (χ0) is 15.7. The van der Waals surface area contributed by atoms with Crippen molar-refractivity contribution in [1.29, 1.82) is 0 Å². The molecule has 3 heterocycles. The molecule has 118 valence electrons. The Morgan fingerprint density at radius 3 is 2.73 bits per heavy atom. The molecule has 1 aliphatic rings. The summed E-state index contributed by atoms with van der Waals surface area (Å²) in [7, 11) is -1.24. The van der Waals surface area contributed by atoms with E-state index in [1.54, 1.807) is 23.3 Å². The van der Waals surface area contributed by atoms with Crippen LogP contribution in [0, 0.1) is 5.92 Å². The fourth-order valence-corrected chi connectivity index (χ4v) is 3.76. The number of rotatable bonds is 4. The summed E-state index contributed by atoms with van der Waals surface area (Å²) in [5.41, 5.74) is 2.66. The fourth-order valence-electron chi connectivity index (χ4n) is 2.84. The van der Waals surface area contributed by atoms with Crippen LogP contribution in [0.2, 0.25) is 0 Å². The highest BCUT2D eigenvalue weighted by molar-refractivity contribution is 7.88. The highest BCUT2D eigenvalue weighted by Gasteiger charge is 2.29. The maximum absolute atomic E-state index is 11.6.